The second-order valence-electron chi connectivity index (χ2n) is 12.7. The van der Waals surface area contributed by atoms with Crippen LogP contribution in [0.1, 0.15) is 57.9 Å². The molecule has 50 heavy (non-hydrogen) atoms. The molecule has 276 valence electrons. The topological polar surface area (TPSA) is 213 Å². The van der Waals surface area contributed by atoms with Crippen LogP contribution in [0.3, 0.4) is 0 Å². The van der Waals surface area contributed by atoms with E-state index in [0.717, 1.165) is 4.90 Å². The number of urea groups is 1. The van der Waals surface area contributed by atoms with Gasteiger partial charge in [-0.1, -0.05) is 32.4 Å². The van der Waals surface area contributed by atoms with Crippen molar-refractivity contribution in [1.29, 1.82) is 0 Å². The van der Waals surface area contributed by atoms with Gasteiger partial charge in [0.15, 0.2) is 0 Å². The average molecular weight is 701 g/mol. The smallest absolute Gasteiger partial charge is 0.409 e. The molecule has 1 aromatic carbocycles. The summed E-state index contributed by atoms with van der Waals surface area (Å²) in [5, 5.41) is 10.8. The number of benzene rings is 1. The number of rotatable bonds is 21. The van der Waals surface area contributed by atoms with Gasteiger partial charge in [-0.25, -0.2) is 9.59 Å². The maximum Gasteiger partial charge on any atom is 0.409 e. The first-order valence-corrected chi connectivity index (χ1v) is 16.8. The zero-order valence-corrected chi connectivity index (χ0v) is 29.7. The summed E-state index contributed by atoms with van der Waals surface area (Å²) in [4.78, 5) is 90.8. The van der Waals surface area contributed by atoms with Crippen LogP contribution in [0.5, 0.6) is 0 Å². The molecule has 1 unspecified atom stereocenters. The fourth-order valence-electron chi connectivity index (χ4n) is 4.82. The monoisotopic (exact) mass is 700 g/mol. The third-order valence-corrected chi connectivity index (χ3v) is 7.83. The minimum absolute atomic E-state index is 0.0472. The SMILES string of the molecule is CC(C)C(NC(=O)CCCCCN1C(=O)C=CC1=O)C(=O)N[C@@H](CCCNC(N)=O)C(=O)Nc1ccc(COC(=O)N(C)CCN(C)C)cc1. The molecule has 0 spiro atoms. The van der Waals surface area contributed by atoms with Crippen LogP contribution in [0.2, 0.25) is 0 Å². The van der Waals surface area contributed by atoms with Gasteiger partial charge < -0.3 is 41.5 Å². The normalized spacial score (nSPS) is 13.6. The first kappa shape index (κ1) is 41.2. The lowest BCUT2D eigenvalue weighted by molar-refractivity contribution is -0.137. The molecule has 0 fully saturated rings. The first-order chi connectivity index (χ1) is 23.7. The van der Waals surface area contributed by atoms with E-state index in [1.165, 1.54) is 17.1 Å². The largest absolute Gasteiger partial charge is 0.445 e. The molecule has 0 bridgehead atoms. The zero-order valence-electron chi connectivity index (χ0n) is 29.7. The van der Waals surface area contributed by atoms with Gasteiger partial charge >= 0.3 is 12.1 Å². The molecule has 1 heterocycles. The summed E-state index contributed by atoms with van der Waals surface area (Å²) in [6, 6.07) is 4.09. The molecule has 0 saturated heterocycles. The highest BCUT2D eigenvalue weighted by Crippen LogP contribution is 2.14. The highest BCUT2D eigenvalue weighted by atomic mass is 16.6. The van der Waals surface area contributed by atoms with Gasteiger partial charge in [-0.3, -0.25) is 28.9 Å². The first-order valence-electron chi connectivity index (χ1n) is 16.8. The van der Waals surface area contributed by atoms with Gasteiger partial charge in [0.1, 0.15) is 18.7 Å². The number of carbonyl (C=O) groups is 7. The van der Waals surface area contributed by atoms with Crippen LogP contribution in [0.15, 0.2) is 36.4 Å². The lowest BCUT2D eigenvalue weighted by Crippen LogP contribution is -2.54. The molecule has 0 aromatic heterocycles. The van der Waals surface area contributed by atoms with Crippen molar-refractivity contribution >= 4 is 47.3 Å². The molecule has 0 aliphatic carbocycles. The van der Waals surface area contributed by atoms with Crippen LogP contribution in [0.25, 0.3) is 0 Å². The van der Waals surface area contributed by atoms with E-state index in [1.54, 1.807) is 45.2 Å². The van der Waals surface area contributed by atoms with Gasteiger partial charge in [0.25, 0.3) is 11.8 Å². The summed E-state index contributed by atoms with van der Waals surface area (Å²) in [7, 11) is 5.49. The lowest BCUT2D eigenvalue weighted by atomic mass is 10.0. The Labute approximate surface area is 293 Å². The van der Waals surface area contributed by atoms with Crippen molar-refractivity contribution in [3.05, 3.63) is 42.0 Å². The summed E-state index contributed by atoms with van der Waals surface area (Å²) < 4.78 is 5.36. The molecular weight excluding hydrogens is 648 g/mol. The number of likely N-dealkylation sites (N-methyl/N-ethyl adjacent to an activating group) is 2. The van der Waals surface area contributed by atoms with Gasteiger partial charge in [-0.15, -0.1) is 0 Å². The molecule has 1 aliphatic heterocycles. The standard InChI is InChI=1S/C34H52N8O8/c1-23(2)30(39-27(43)11-7-6-8-19-42-28(44)16-17-29(42)45)32(47)38-26(10-9-18-36-33(35)48)31(46)37-25-14-12-24(13-15-25)22-50-34(49)41(5)21-20-40(3)4/h12-17,23,26,30H,6-11,18-22H2,1-5H3,(H,37,46)(H,38,47)(H,39,43)(H3,35,36,48)/t26-,30?/m0/s1. The van der Waals surface area contributed by atoms with Crippen molar-refractivity contribution in [1.82, 2.24) is 30.7 Å². The van der Waals surface area contributed by atoms with Crippen LogP contribution >= 0.6 is 0 Å². The van der Waals surface area contributed by atoms with Crippen molar-refractivity contribution in [3.63, 3.8) is 0 Å². The van der Waals surface area contributed by atoms with Gasteiger partial charge in [0.2, 0.25) is 17.7 Å². The Morgan fingerprint density at radius 3 is 2.12 bits per heavy atom. The molecule has 6 N–H and O–H groups in total. The van der Waals surface area contributed by atoms with Crippen LogP contribution < -0.4 is 27.0 Å². The van der Waals surface area contributed by atoms with Gasteiger partial charge in [0, 0.05) is 57.5 Å². The number of ether oxygens (including phenoxy) is 1. The molecule has 0 radical (unpaired) electrons. The maximum atomic E-state index is 13.4. The number of nitrogens with zero attached hydrogens (tertiary/aromatic N) is 3. The average Bonchev–Trinajstić information content (AvgIpc) is 3.38. The summed E-state index contributed by atoms with van der Waals surface area (Å²) >= 11 is 0. The molecule has 1 aromatic rings. The number of imide groups is 1. The van der Waals surface area contributed by atoms with Gasteiger partial charge in [-0.05, 0) is 63.4 Å². The third kappa shape index (κ3) is 15.1. The quantitative estimate of drug-likeness (QED) is 0.0923. The summed E-state index contributed by atoms with van der Waals surface area (Å²) in [6.07, 6.45) is 4.30. The van der Waals surface area contributed by atoms with E-state index in [0.29, 0.717) is 50.0 Å². The summed E-state index contributed by atoms with van der Waals surface area (Å²) in [5.41, 5.74) is 6.31. The number of unbranched alkanes of at least 4 members (excludes halogenated alkanes) is 2. The van der Waals surface area contributed by atoms with E-state index in [-0.39, 0.29) is 56.2 Å². The molecule has 1 aliphatic rings. The number of primary amides is 1. The van der Waals surface area contributed by atoms with Crippen LogP contribution in [0.4, 0.5) is 15.3 Å². The predicted molar refractivity (Wildman–Crippen MR) is 186 cm³/mol. The van der Waals surface area contributed by atoms with Gasteiger partial charge in [-0.2, -0.15) is 0 Å². The Morgan fingerprint density at radius 1 is 0.860 bits per heavy atom. The van der Waals surface area contributed by atoms with Crippen LogP contribution in [-0.2, 0) is 35.3 Å². The van der Waals surface area contributed by atoms with E-state index in [1.807, 2.05) is 19.0 Å². The van der Waals surface area contributed by atoms with Crippen LogP contribution in [-0.4, -0.2) is 116 Å². The van der Waals surface area contributed by atoms with Crippen molar-refractivity contribution in [3.8, 4) is 0 Å². The molecule has 16 nitrogen and oxygen atoms in total. The van der Waals surface area contributed by atoms with Crippen molar-refractivity contribution in [2.75, 3.05) is 52.6 Å². The Kier molecular flexibility index (Phi) is 17.4. The number of anilines is 1. The van der Waals surface area contributed by atoms with Crippen molar-refractivity contribution < 1.29 is 38.3 Å². The maximum absolute atomic E-state index is 13.4. The van der Waals surface area contributed by atoms with E-state index < -0.39 is 36.0 Å². The van der Waals surface area contributed by atoms with E-state index >= 15 is 0 Å². The molecular formula is C34H52N8O8. The van der Waals surface area contributed by atoms with E-state index in [9.17, 15) is 33.6 Å². The Bertz CT molecular complexity index is 1350. The molecule has 2 atom stereocenters. The Balaban J connectivity index is 1.94. The number of amides is 8. The predicted octanol–water partition coefficient (Wildman–Crippen LogP) is 1.31. The summed E-state index contributed by atoms with van der Waals surface area (Å²) in [6.45, 7) is 5.27. The third-order valence-electron chi connectivity index (χ3n) is 7.83. The van der Waals surface area contributed by atoms with Gasteiger partial charge in [0.05, 0.1) is 0 Å². The number of nitrogens with two attached hydrogens (primary N) is 1. The van der Waals surface area contributed by atoms with Crippen LogP contribution in [0, 0.1) is 5.92 Å². The Hall–Kier alpha value is -4.99. The second-order valence-corrected chi connectivity index (χ2v) is 12.7. The second kappa shape index (κ2) is 21.2. The number of carbonyl (C=O) groups excluding carboxylic acids is 7. The fraction of sp³-hybridized carbons (Fsp3) is 0.559. The lowest BCUT2D eigenvalue weighted by Gasteiger charge is -2.25. The zero-order chi connectivity index (χ0) is 37.2. The molecule has 0 saturated carbocycles. The molecule has 2 rings (SSSR count). The minimum atomic E-state index is -1.00. The van der Waals surface area contributed by atoms with Crippen molar-refractivity contribution in [2.24, 2.45) is 11.7 Å². The highest BCUT2D eigenvalue weighted by molar-refractivity contribution is 6.12. The van der Waals surface area contributed by atoms with Crippen molar-refractivity contribution in [2.45, 2.75) is 71.1 Å². The minimum Gasteiger partial charge on any atom is -0.445 e. The number of hydrogen-bond donors (Lipinski definition) is 5. The van der Waals surface area contributed by atoms with E-state index in [4.69, 9.17) is 10.5 Å². The fourth-order valence-corrected chi connectivity index (χ4v) is 4.82. The Morgan fingerprint density at radius 2 is 1.52 bits per heavy atom. The molecule has 8 amide bonds. The van der Waals surface area contributed by atoms with E-state index in [2.05, 4.69) is 21.3 Å². The molecule has 16 heteroatoms. The highest BCUT2D eigenvalue weighted by Gasteiger charge is 2.29. The number of nitrogens with one attached hydrogen (secondary N) is 4. The number of hydrogen-bond acceptors (Lipinski definition) is 9. The summed E-state index contributed by atoms with van der Waals surface area (Å²) in [5.74, 6) is -2.37.